The van der Waals surface area contributed by atoms with E-state index in [0.29, 0.717) is 19.3 Å². The number of carbonyl (C=O) groups is 4. The number of allylic oxidation sites excluding steroid dienone is 20. The van der Waals surface area contributed by atoms with Gasteiger partial charge in [-0.05, 0) is 122 Å². The second-order valence-electron chi connectivity index (χ2n) is 20.9. The maximum Gasteiger partial charge on any atom is 0.335 e. The van der Waals surface area contributed by atoms with E-state index in [1.165, 1.54) is 6.42 Å². The van der Waals surface area contributed by atoms with Crippen molar-refractivity contribution in [2.24, 2.45) is 0 Å². The van der Waals surface area contributed by atoms with Crippen molar-refractivity contribution in [3.8, 4) is 0 Å². The second-order valence-corrected chi connectivity index (χ2v) is 20.9. The zero-order valence-corrected chi connectivity index (χ0v) is 50.5. The van der Waals surface area contributed by atoms with Gasteiger partial charge in [-0.2, -0.15) is 0 Å². The van der Waals surface area contributed by atoms with E-state index in [-0.39, 0.29) is 25.9 Å². The zero-order valence-electron chi connectivity index (χ0n) is 50.5. The molecule has 6 unspecified atom stereocenters. The van der Waals surface area contributed by atoms with Gasteiger partial charge in [0.25, 0.3) is 0 Å². The largest absolute Gasteiger partial charge is 0.479 e. The normalized spacial score (nSPS) is 18.6. The van der Waals surface area contributed by atoms with Crippen LogP contribution in [0, 0.1) is 0 Å². The van der Waals surface area contributed by atoms with Crippen molar-refractivity contribution in [3.63, 3.8) is 0 Å². The highest BCUT2D eigenvalue weighted by Gasteiger charge is 2.50. The van der Waals surface area contributed by atoms with E-state index in [2.05, 4.69) is 142 Å². The van der Waals surface area contributed by atoms with Crippen LogP contribution in [0.15, 0.2) is 122 Å². The maximum atomic E-state index is 13.2. The third-order valence-corrected chi connectivity index (χ3v) is 13.5. The van der Waals surface area contributed by atoms with E-state index in [0.717, 1.165) is 173 Å². The van der Waals surface area contributed by atoms with Crippen molar-refractivity contribution < 1.29 is 58.2 Å². The number of carbonyl (C=O) groups excluding carboxylic acids is 3. The van der Waals surface area contributed by atoms with Gasteiger partial charge in [0.1, 0.15) is 18.8 Å². The van der Waals surface area contributed by atoms with Crippen LogP contribution < -0.4 is 0 Å². The summed E-state index contributed by atoms with van der Waals surface area (Å²) in [5.74, 6) is -3.19. The first-order valence-electron chi connectivity index (χ1n) is 31.5. The SMILES string of the molecule is CC/C=C\C/C=C\C/C=C\C/C=C\CCCCCCC(=O)OC1C(OCC(COC(=O)CCCCCCCCC/C=C\C/C=C\C/C=C\CC)OC(=O)CCCCCCCCC/C=C\C/C=C\C/C=C\CC)OC(C(=O)O)C(O)C1O. The molecular weight excluding hydrogens is 1020 g/mol. The number of aliphatic carboxylic acids is 1. The Hall–Kier alpha value is -4.88. The van der Waals surface area contributed by atoms with E-state index in [1.807, 2.05) is 0 Å². The molecule has 12 nitrogen and oxygen atoms in total. The summed E-state index contributed by atoms with van der Waals surface area (Å²) in [5.41, 5.74) is 0. The lowest BCUT2D eigenvalue weighted by Gasteiger charge is -2.40. The molecule has 1 heterocycles. The summed E-state index contributed by atoms with van der Waals surface area (Å²) in [7, 11) is 0. The van der Waals surface area contributed by atoms with Crippen molar-refractivity contribution in [3.05, 3.63) is 122 Å². The zero-order chi connectivity index (χ0) is 58.9. The minimum absolute atomic E-state index is 0.0243. The van der Waals surface area contributed by atoms with E-state index in [1.54, 1.807) is 0 Å². The molecule has 1 aliphatic rings. The summed E-state index contributed by atoms with van der Waals surface area (Å²) in [6.07, 6.45) is 64.4. The summed E-state index contributed by atoms with van der Waals surface area (Å²) in [5, 5.41) is 31.6. The standard InChI is InChI=1S/C69H110O12/c1-4-7-10-13-16-19-22-25-28-31-34-37-40-43-46-49-52-55-61(70)77-58-60(79-62(71)56-53-50-47-44-41-38-35-32-29-26-23-20-17-14-11-8-5-2)59-78-69-67(65(74)64(73)66(81-69)68(75)76)80-63(72)57-54-51-48-45-42-39-36-33-30-27-24-21-18-15-12-9-6-3/h7-12,16-21,25-30,36,39,60,64-67,69,73-74H,4-6,13-15,22-24,31-35,37-38,40-59H2,1-3H3,(H,75,76)/b10-7-,11-8-,12-9-,19-16-,20-17-,21-18-,28-25-,29-26-,30-27-,39-36-. The molecule has 3 N–H and O–H groups in total. The number of unbranched alkanes of at least 4 members (excludes halogenated alkanes) is 18. The molecule has 81 heavy (non-hydrogen) atoms. The van der Waals surface area contributed by atoms with Crippen molar-refractivity contribution in [2.75, 3.05) is 13.2 Å². The fourth-order valence-corrected chi connectivity index (χ4v) is 8.80. The van der Waals surface area contributed by atoms with Gasteiger partial charge >= 0.3 is 23.9 Å². The number of ether oxygens (including phenoxy) is 5. The minimum Gasteiger partial charge on any atom is -0.479 e. The van der Waals surface area contributed by atoms with Gasteiger partial charge in [0.2, 0.25) is 0 Å². The number of aliphatic hydroxyl groups is 2. The van der Waals surface area contributed by atoms with Gasteiger partial charge in [-0.3, -0.25) is 14.4 Å². The van der Waals surface area contributed by atoms with E-state index < -0.39 is 67.3 Å². The van der Waals surface area contributed by atoms with Gasteiger partial charge in [-0.1, -0.05) is 219 Å². The van der Waals surface area contributed by atoms with Crippen molar-refractivity contribution >= 4 is 23.9 Å². The Labute approximate surface area is 490 Å². The molecule has 6 atom stereocenters. The predicted octanol–water partition coefficient (Wildman–Crippen LogP) is 16.8. The van der Waals surface area contributed by atoms with Crippen molar-refractivity contribution in [2.45, 2.75) is 276 Å². The molecular formula is C69H110O12. The molecule has 0 saturated carbocycles. The monoisotopic (exact) mass is 1130 g/mol. The molecule has 0 aromatic carbocycles. The van der Waals surface area contributed by atoms with E-state index in [4.69, 9.17) is 23.7 Å². The third-order valence-electron chi connectivity index (χ3n) is 13.5. The lowest BCUT2D eigenvalue weighted by atomic mass is 9.98. The smallest absolute Gasteiger partial charge is 0.335 e. The van der Waals surface area contributed by atoms with Crippen LogP contribution in [0.1, 0.15) is 239 Å². The van der Waals surface area contributed by atoms with Gasteiger partial charge in [0.05, 0.1) is 6.61 Å². The van der Waals surface area contributed by atoms with Crippen LogP contribution in [0.25, 0.3) is 0 Å². The van der Waals surface area contributed by atoms with Crippen LogP contribution in [-0.4, -0.2) is 89.2 Å². The molecule has 1 rings (SSSR count). The fourth-order valence-electron chi connectivity index (χ4n) is 8.80. The summed E-state index contributed by atoms with van der Waals surface area (Å²) >= 11 is 0. The van der Waals surface area contributed by atoms with Crippen LogP contribution in [0.4, 0.5) is 0 Å². The van der Waals surface area contributed by atoms with E-state index >= 15 is 0 Å². The Bertz CT molecular complexity index is 1870. The van der Waals surface area contributed by atoms with Crippen molar-refractivity contribution in [1.82, 2.24) is 0 Å². The third kappa shape index (κ3) is 45.3. The molecule has 1 aliphatic heterocycles. The van der Waals surface area contributed by atoms with Gasteiger partial charge in [0, 0.05) is 19.3 Å². The topological polar surface area (TPSA) is 175 Å². The Morgan fingerprint density at radius 3 is 1.12 bits per heavy atom. The number of hydrogen-bond donors (Lipinski definition) is 3. The van der Waals surface area contributed by atoms with Gasteiger partial charge in [0.15, 0.2) is 24.6 Å². The molecule has 0 aliphatic carbocycles. The van der Waals surface area contributed by atoms with Gasteiger partial charge < -0.3 is 39.0 Å². The Morgan fingerprint density at radius 2 is 0.741 bits per heavy atom. The molecule has 458 valence electrons. The van der Waals surface area contributed by atoms with Crippen molar-refractivity contribution in [1.29, 1.82) is 0 Å². The molecule has 0 radical (unpaired) electrons. The molecule has 0 spiro atoms. The average Bonchev–Trinajstić information content (AvgIpc) is 3.53. The molecule has 1 fully saturated rings. The maximum absolute atomic E-state index is 13.2. The summed E-state index contributed by atoms with van der Waals surface area (Å²) in [6, 6.07) is 0. The number of hydrogen-bond acceptors (Lipinski definition) is 11. The van der Waals surface area contributed by atoms with Crippen LogP contribution >= 0.6 is 0 Å². The highest BCUT2D eigenvalue weighted by molar-refractivity contribution is 5.74. The average molecular weight is 1130 g/mol. The fraction of sp³-hybridized carbons (Fsp3) is 0.652. The first kappa shape index (κ1) is 74.1. The molecule has 0 aromatic heterocycles. The molecule has 0 amide bonds. The van der Waals surface area contributed by atoms with Crippen LogP contribution in [0.5, 0.6) is 0 Å². The number of carboxylic acid groups (broad SMARTS) is 1. The number of aliphatic hydroxyl groups excluding tert-OH is 2. The Balaban J connectivity index is 2.71. The van der Waals surface area contributed by atoms with E-state index in [9.17, 15) is 34.5 Å². The molecule has 0 aromatic rings. The molecule has 0 bridgehead atoms. The highest BCUT2D eigenvalue weighted by Crippen LogP contribution is 2.26. The van der Waals surface area contributed by atoms with Gasteiger partial charge in [-0.25, -0.2) is 4.79 Å². The molecule has 1 saturated heterocycles. The predicted molar refractivity (Wildman–Crippen MR) is 330 cm³/mol. The lowest BCUT2D eigenvalue weighted by molar-refractivity contribution is -0.301. The summed E-state index contributed by atoms with van der Waals surface area (Å²) in [6.45, 7) is 5.64. The Morgan fingerprint density at radius 1 is 0.407 bits per heavy atom. The number of rotatable bonds is 52. The quantitative estimate of drug-likeness (QED) is 0.0228. The first-order valence-corrected chi connectivity index (χ1v) is 31.5. The number of carboxylic acids is 1. The summed E-state index contributed by atoms with van der Waals surface area (Å²) in [4.78, 5) is 51.3. The van der Waals surface area contributed by atoms with Gasteiger partial charge in [-0.15, -0.1) is 0 Å². The van der Waals surface area contributed by atoms with Crippen LogP contribution in [0.2, 0.25) is 0 Å². The van der Waals surface area contributed by atoms with Crippen LogP contribution in [-0.2, 0) is 42.9 Å². The highest BCUT2D eigenvalue weighted by atomic mass is 16.7. The van der Waals surface area contributed by atoms with Crippen LogP contribution in [0.3, 0.4) is 0 Å². The summed E-state index contributed by atoms with van der Waals surface area (Å²) < 4.78 is 28.5. The Kier molecular flexibility index (Phi) is 50.9. The minimum atomic E-state index is -1.92. The lowest BCUT2D eigenvalue weighted by Crippen LogP contribution is -2.61. The first-order chi connectivity index (χ1) is 39.6. The molecule has 12 heteroatoms. The number of esters is 3. The second kappa shape index (κ2) is 55.6.